The maximum Gasteiger partial charge on any atom is 0.306 e. The van der Waals surface area contributed by atoms with Gasteiger partial charge in [-0.05, 0) is 12.8 Å². The van der Waals surface area contributed by atoms with Gasteiger partial charge in [-0.1, -0.05) is 13.8 Å². The summed E-state index contributed by atoms with van der Waals surface area (Å²) in [5.74, 6) is -1.33. The highest BCUT2D eigenvalue weighted by Gasteiger charge is 2.31. The van der Waals surface area contributed by atoms with Crippen molar-refractivity contribution in [3.63, 3.8) is 0 Å². The number of aliphatic hydroxyl groups excluding tert-OH is 1. The van der Waals surface area contributed by atoms with Crippen molar-refractivity contribution in [2.45, 2.75) is 26.7 Å². The van der Waals surface area contributed by atoms with Gasteiger partial charge in [-0.2, -0.15) is 12.7 Å². The van der Waals surface area contributed by atoms with Crippen LogP contribution in [0, 0.1) is 11.3 Å². The van der Waals surface area contributed by atoms with Gasteiger partial charge in [-0.15, -0.1) is 0 Å². The van der Waals surface area contributed by atoms with Crippen molar-refractivity contribution in [3.8, 4) is 0 Å². The van der Waals surface area contributed by atoms with Gasteiger partial charge in [0.15, 0.2) is 0 Å². The van der Waals surface area contributed by atoms with E-state index in [1.165, 1.54) is 4.31 Å². The third-order valence-corrected chi connectivity index (χ3v) is 4.86. The molecule has 0 bridgehead atoms. The highest BCUT2D eigenvalue weighted by atomic mass is 32.2. The van der Waals surface area contributed by atoms with Gasteiger partial charge < -0.3 is 10.2 Å². The molecule has 0 spiro atoms. The summed E-state index contributed by atoms with van der Waals surface area (Å²) in [7, 11) is -3.60. The quantitative estimate of drug-likeness (QED) is 0.620. The Balaban J connectivity index is 2.54. The van der Waals surface area contributed by atoms with Crippen LogP contribution in [0.2, 0.25) is 0 Å². The first-order chi connectivity index (χ1) is 8.68. The second-order valence-electron chi connectivity index (χ2n) is 5.66. The van der Waals surface area contributed by atoms with Crippen LogP contribution in [0.1, 0.15) is 26.7 Å². The van der Waals surface area contributed by atoms with Crippen LogP contribution in [0.15, 0.2) is 0 Å². The highest BCUT2D eigenvalue weighted by Crippen LogP contribution is 2.20. The van der Waals surface area contributed by atoms with Crippen LogP contribution in [-0.4, -0.2) is 55.1 Å². The van der Waals surface area contributed by atoms with E-state index in [-0.39, 0.29) is 26.2 Å². The molecule has 19 heavy (non-hydrogen) atoms. The van der Waals surface area contributed by atoms with Gasteiger partial charge in [0.1, 0.15) is 0 Å². The second-order valence-corrected chi connectivity index (χ2v) is 7.42. The predicted molar refractivity (Wildman–Crippen MR) is 69.7 cm³/mol. The molecule has 8 heteroatoms. The van der Waals surface area contributed by atoms with Crippen LogP contribution >= 0.6 is 0 Å². The van der Waals surface area contributed by atoms with Crippen LogP contribution in [0.25, 0.3) is 0 Å². The summed E-state index contributed by atoms with van der Waals surface area (Å²) in [5.41, 5.74) is -0.521. The van der Waals surface area contributed by atoms with Crippen molar-refractivity contribution >= 4 is 16.2 Å². The van der Waals surface area contributed by atoms with E-state index in [4.69, 9.17) is 10.2 Å². The molecule has 1 aliphatic heterocycles. The Bertz CT molecular complexity index is 413. The monoisotopic (exact) mass is 294 g/mol. The van der Waals surface area contributed by atoms with Crippen LogP contribution in [0.3, 0.4) is 0 Å². The van der Waals surface area contributed by atoms with Gasteiger partial charge in [-0.3, -0.25) is 4.79 Å². The number of rotatable bonds is 6. The standard InChI is InChI=1S/C11H22N2O5S/c1-11(2,8-14)7-12-19(17,18)13-5-3-9(4-6-13)10(15)16/h9,12,14H,3-8H2,1-2H3,(H,15,16). The lowest BCUT2D eigenvalue weighted by molar-refractivity contribution is -0.142. The topological polar surface area (TPSA) is 107 Å². The molecule has 0 atom stereocenters. The number of carboxylic acid groups (broad SMARTS) is 1. The van der Waals surface area contributed by atoms with Crippen LogP contribution in [0.5, 0.6) is 0 Å². The van der Waals surface area contributed by atoms with Crippen molar-refractivity contribution in [3.05, 3.63) is 0 Å². The summed E-state index contributed by atoms with van der Waals surface area (Å²) in [6, 6.07) is 0. The maximum atomic E-state index is 12.0. The van der Waals surface area contributed by atoms with Gasteiger partial charge in [0.05, 0.1) is 5.92 Å². The molecule has 0 aliphatic carbocycles. The number of piperidine rings is 1. The van der Waals surface area contributed by atoms with Gasteiger partial charge in [-0.25, -0.2) is 4.72 Å². The third-order valence-electron chi connectivity index (χ3n) is 3.30. The molecule has 0 unspecified atom stereocenters. The van der Waals surface area contributed by atoms with E-state index >= 15 is 0 Å². The Morgan fingerprint density at radius 2 is 1.89 bits per heavy atom. The van der Waals surface area contributed by atoms with E-state index in [1.54, 1.807) is 13.8 Å². The lowest BCUT2D eigenvalue weighted by Crippen LogP contribution is -2.48. The normalized spacial score (nSPS) is 19.5. The molecule has 1 fully saturated rings. The number of aliphatic hydroxyl groups is 1. The molecular formula is C11H22N2O5S. The minimum Gasteiger partial charge on any atom is -0.481 e. The van der Waals surface area contributed by atoms with Gasteiger partial charge >= 0.3 is 5.97 Å². The van der Waals surface area contributed by atoms with Crippen LogP contribution in [0.4, 0.5) is 0 Å². The van der Waals surface area contributed by atoms with Crippen molar-refractivity contribution < 1.29 is 23.4 Å². The number of nitrogens with zero attached hydrogens (tertiary/aromatic N) is 1. The van der Waals surface area contributed by atoms with Gasteiger partial charge in [0.25, 0.3) is 10.2 Å². The molecule has 3 N–H and O–H groups in total. The number of hydrogen-bond acceptors (Lipinski definition) is 4. The zero-order valence-electron chi connectivity index (χ0n) is 11.3. The molecule has 1 saturated heterocycles. The lowest BCUT2D eigenvalue weighted by atomic mass is 9.96. The number of hydrogen-bond donors (Lipinski definition) is 3. The molecule has 0 saturated carbocycles. The smallest absolute Gasteiger partial charge is 0.306 e. The minimum atomic E-state index is -3.60. The van der Waals surface area contributed by atoms with E-state index < -0.39 is 27.5 Å². The summed E-state index contributed by atoms with van der Waals surface area (Å²) in [5, 5.41) is 17.9. The summed E-state index contributed by atoms with van der Waals surface area (Å²) < 4.78 is 27.7. The van der Waals surface area contributed by atoms with E-state index in [1.807, 2.05) is 0 Å². The van der Waals surface area contributed by atoms with Crippen LogP contribution < -0.4 is 4.72 Å². The number of carbonyl (C=O) groups is 1. The first kappa shape index (κ1) is 16.4. The Morgan fingerprint density at radius 1 is 1.37 bits per heavy atom. The molecule has 1 aliphatic rings. The zero-order chi connectivity index (χ0) is 14.7. The molecule has 7 nitrogen and oxygen atoms in total. The zero-order valence-corrected chi connectivity index (χ0v) is 12.1. The molecule has 0 aromatic rings. The Hall–Kier alpha value is -0.700. The van der Waals surface area contributed by atoms with Crippen molar-refractivity contribution in [1.82, 2.24) is 9.03 Å². The molecule has 1 rings (SSSR count). The second kappa shape index (κ2) is 6.17. The summed E-state index contributed by atoms with van der Waals surface area (Å²) in [6.07, 6.45) is 0.666. The minimum absolute atomic E-state index is 0.114. The molecule has 112 valence electrons. The average Bonchev–Trinajstić information content (AvgIpc) is 2.37. The first-order valence-corrected chi connectivity index (χ1v) is 7.70. The summed E-state index contributed by atoms with van der Waals surface area (Å²) in [6.45, 7) is 3.97. The fraction of sp³-hybridized carbons (Fsp3) is 0.909. The lowest BCUT2D eigenvalue weighted by Gasteiger charge is -2.30. The predicted octanol–water partition coefficient (Wildman–Crippen LogP) is -0.364. The summed E-state index contributed by atoms with van der Waals surface area (Å²) in [4.78, 5) is 10.8. The largest absolute Gasteiger partial charge is 0.481 e. The molecular weight excluding hydrogens is 272 g/mol. The number of aliphatic carboxylic acids is 1. The number of nitrogens with one attached hydrogen (secondary N) is 1. The van der Waals surface area contributed by atoms with E-state index in [0.29, 0.717) is 12.8 Å². The molecule has 0 aromatic carbocycles. The fourth-order valence-corrected chi connectivity index (χ4v) is 3.22. The van der Waals surface area contributed by atoms with E-state index in [0.717, 1.165) is 0 Å². The van der Waals surface area contributed by atoms with Crippen molar-refractivity contribution in [2.24, 2.45) is 11.3 Å². The Labute approximate surface area is 113 Å². The Morgan fingerprint density at radius 3 is 2.32 bits per heavy atom. The fourth-order valence-electron chi connectivity index (χ4n) is 1.78. The highest BCUT2D eigenvalue weighted by molar-refractivity contribution is 7.87. The molecule has 1 heterocycles. The average molecular weight is 294 g/mol. The first-order valence-electron chi connectivity index (χ1n) is 6.26. The van der Waals surface area contributed by atoms with Gasteiger partial charge in [0, 0.05) is 31.7 Å². The maximum absolute atomic E-state index is 12.0. The molecule has 0 amide bonds. The van der Waals surface area contributed by atoms with E-state index in [9.17, 15) is 13.2 Å². The van der Waals surface area contributed by atoms with Crippen molar-refractivity contribution in [1.29, 1.82) is 0 Å². The van der Waals surface area contributed by atoms with E-state index in [2.05, 4.69) is 4.72 Å². The third kappa shape index (κ3) is 4.72. The SMILES string of the molecule is CC(C)(CO)CNS(=O)(=O)N1CCC(C(=O)O)CC1. The van der Waals surface area contributed by atoms with Crippen LogP contribution in [-0.2, 0) is 15.0 Å². The van der Waals surface area contributed by atoms with Gasteiger partial charge in [0.2, 0.25) is 0 Å². The molecule has 0 radical (unpaired) electrons. The summed E-state index contributed by atoms with van der Waals surface area (Å²) >= 11 is 0. The number of carboxylic acids is 1. The van der Waals surface area contributed by atoms with Crippen molar-refractivity contribution in [2.75, 3.05) is 26.2 Å². The molecule has 0 aromatic heterocycles. The Kier molecular flexibility index (Phi) is 5.31.